The maximum absolute atomic E-state index is 12.4. The average molecular weight is 371 g/mol. The first-order valence-corrected chi connectivity index (χ1v) is 9.63. The molecule has 146 valence electrons. The summed E-state index contributed by atoms with van der Waals surface area (Å²) < 4.78 is 11.0. The first kappa shape index (κ1) is 19.5. The molecule has 6 heteroatoms. The number of hydrogen-bond acceptors (Lipinski definition) is 5. The Labute approximate surface area is 160 Å². The highest BCUT2D eigenvalue weighted by molar-refractivity contribution is 5.76. The van der Waals surface area contributed by atoms with Crippen LogP contribution in [0.5, 0.6) is 0 Å². The Bertz CT molecular complexity index is 729. The third kappa shape index (κ3) is 5.89. The van der Waals surface area contributed by atoms with Crippen LogP contribution >= 0.6 is 0 Å². The van der Waals surface area contributed by atoms with Crippen LogP contribution in [0.1, 0.15) is 63.2 Å². The zero-order chi connectivity index (χ0) is 19.3. The lowest BCUT2D eigenvalue weighted by Gasteiger charge is -2.32. The SMILES string of the molecule is CC(C)(C)CC(=O)N1CCC(c2noc(COCc3ccccc3)n2)CC1. The molecule has 0 spiro atoms. The molecule has 2 heterocycles. The van der Waals surface area contributed by atoms with Gasteiger partial charge in [0.1, 0.15) is 6.61 Å². The van der Waals surface area contributed by atoms with E-state index < -0.39 is 0 Å². The number of amides is 1. The van der Waals surface area contributed by atoms with E-state index in [9.17, 15) is 4.79 Å². The number of nitrogens with zero attached hydrogens (tertiary/aromatic N) is 3. The van der Waals surface area contributed by atoms with Crippen LogP contribution in [0.15, 0.2) is 34.9 Å². The maximum Gasteiger partial charge on any atom is 0.252 e. The number of benzene rings is 1. The first-order valence-electron chi connectivity index (χ1n) is 9.63. The van der Waals surface area contributed by atoms with Gasteiger partial charge in [-0.25, -0.2) is 0 Å². The molecule has 1 aromatic carbocycles. The molecule has 1 amide bonds. The molecule has 0 atom stereocenters. The van der Waals surface area contributed by atoms with Crippen LogP contribution in [0.25, 0.3) is 0 Å². The van der Waals surface area contributed by atoms with E-state index in [-0.39, 0.29) is 17.2 Å². The van der Waals surface area contributed by atoms with Gasteiger partial charge < -0.3 is 14.2 Å². The number of carbonyl (C=O) groups excluding carboxylic acids is 1. The molecule has 1 aliphatic heterocycles. The predicted molar refractivity (Wildman–Crippen MR) is 102 cm³/mol. The summed E-state index contributed by atoms with van der Waals surface area (Å²) in [5.74, 6) is 1.72. The second-order valence-electron chi connectivity index (χ2n) is 8.42. The minimum atomic E-state index is 0.0241. The Morgan fingerprint density at radius 3 is 2.56 bits per heavy atom. The second kappa shape index (κ2) is 8.65. The number of likely N-dealkylation sites (tertiary alicyclic amines) is 1. The van der Waals surface area contributed by atoms with E-state index in [1.165, 1.54) is 0 Å². The molecule has 0 aliphatic carbocycles. The monoisotopic (exact) mass is 371 g/mol. The van der Waals surface area contributed by atoms with Crippen molar-refractivity contribution >= 4 is 5.91 Å². The fourth-order valence-electron chi connectivity index (χ4n) is 3.28. The quantitative estimate of drug-likeness (QED) is 0.769. The lowest BCUT2D eigenvalue weighted by molar-refractivity contribution is -0.134. The summed E-state index contributed by atoms with van der Waals surface area (Å²) in [5.41, 5.74) is 1.14. The maximum atomic E-state index is 12.4. The standard InChI is InChI=1S/C21H29N3O3/c1-21(2,3)13-19(25)24-11-9-17(10-12-24)20-22-18(27-23-20)15-26-14-16-7-5-4-6-8-16/h4-8,17H,9-15H2,1-3H3. The van der Waals surface area contributed by atoms with Crippen LogP contribution < -0.4 is 0 Å². The highest BCUT2D eigenvalue weighted by Crippen LogP contribution is 2.28. The summed E-state index contributed by atoms with van der Waals surface area (Å²) in [7, 11) is 0. The second-order valence-corrected chi connectivity index (χ2v) is 8.42. The molecule has 0 radical (unpaired) electrons. The molecule has 1 aromatic heterocycles. The Morgan fingerprint density at radius 1 is 1.19 bits per heavy atom. The third-order valence-electron chi connectivity index (χ3n) is 4.72. The van der Waals surface area contributed by atoms with Crippen molar-refractivity contribution in [2.45, 2.75) is 59.2 Å². The summed E-state index contributed by atoms with van der Waals surface area (Å²) in [6.45, 7) is 8.63. The molecule has 1 fully saturated rings. The van der Waals surface area contributed by atoms with Crippen molar-refractivity contribution in [2.75, 3.05) is 13.1 Å². The van der Waals surface area contributed by atoms with Gasteiger partial charge >= 0.3 is 0 Å². The number of rotatable bonds is 6. The Hall–Kier alpha value is -2.21. The summed E-state index contributed by atoms with van der Waals surface area (Å²) >= 11 is 0. The van der Waals surface area contributed by atoms with Gasteiger partial charge in [0.2, 0.25) is 5.91 Å². The first-order chi connectivity index (χ1) is 12.9. The summed E-state index contributed by atoms with van der Waals surface area (Å²) in [5, 5.41) is 4.13. The van der Waals surface area contributed by atoms with E-state index >= 15 is 0 Å². The Morgan fingerprint density at radius 2 is 1.89 bits per heavy atom. The average Bonchev–Trinajstić information content (AvgIpc) is 3.10. The lowest BCUT2D eigenvalue weighted by atomic mass is 9.90. The number of carbonyl (C=O) groups is 1. The third-order valence-corrected chi connectivity index (χ3v) is 4.72. The molecule has 1 saturated heterocycles. The van der Waals surface area contributed by atoms with E-state index in [0.29, 0.717) is 25.5 Å². The van der Waals surface area contributed by atoms with Crippen molar-refractivity contribution in [2.24, 2.45) is 5.41 Å². The fourth-order valence-corrected chi connectivity index (χ4v) is 3.28. The number of hydrogen-bond donors (Lipinski definition) is 0. The van der Waals surface area contributed by atoms with Gasteiger partial charge in [0.05, 0.1) is 6.61 Å². The van der Waals surface area contributed by atoms with Crippen molar-refractivity contribution < 1.29 is 14.1 Å². The summed E-state index contributed by atoms with van der Waals surface area (Å²) in [6.07, 6.45) is 2.34. The molecule has 0 N–H and O–H groups in total. The Kier molecular flexibility index (Phi) is 6.26. The van der Waals surface area contributed by atoms with E-state index in [1.807, 2.05) is 35.2 Å². The van der Waals surface area contributed by atoms with Crippen LogP contribution in [-0.4, -0.2) is 34.0 Å². The van der Waals surface area contributed by atoms with E-state index in [4.69, 9.17) is 9.26 Å². The predicted octanol–water partition coefficient (Wildman–Crippen LogP) is 3.93. The number of aromatic nitrogens is 2. The van der Waals surface area contributed by atoms with Gasteiger partial charge in [-0.3, -0.25) is 4.79 Å². The molecule has 2 aromatic rings. The zero-order valence-corrected chi connectivity index (χ0v) is 16.5. The normalized spacial score (nSPS) is 15.9. The van der Waals surface area contributed by atoms with Crippen LogP contribution in [0, 0.1) is 5.41 Å². The minimum Gasteiger partial charge on any atom is -0.367 e. The molecular weight excluding hydrogens is 342 g/mol. The van der Waals surface area contributed by atoms with Gasteiger partial charge in [-0.2, -0.15) is 4.98 Å². The lowest BCUT2D eigenvalue weighted by Crippen LogP contribution is -2.39. The molecule has 0 unspecified atom stereocenters. The minimum absolute atomic E-state index is 0.0241. The smallest absolute Gasteiger partial charge is 0.252 e. The van der Waals surface area contributed by atoms with Crippen LogP contribution in [0.3, 0.4) is 0 Å². The highest BCUT2D eigenvalue weighted by atomic mass is 16.5. The fraction of sp³-hybridized carbons (Fsp3) is 0.571. The van der Waals surface area contributed by atoms with Crippen LogP contribution in [-0.2, 0) is 22.7 Å². The summed E-state index contributed by atoms with van der Waals surface area (Å²) in [6, 6.07) is 10.0. The topological polar surface area (TPSA) is 68.5 Å². The van der Waals surface area contributed by atoms with Gasteiger partial charge in [-0.1, -0.05) is 56.3 Å². The molecule has 0 bridgehead atoms. The van der Waals surface area contributed by atoms with Crippen LogP contribution in [0.2, 0.25) is 0 Å². The van der Waals surface area contributed by atoms with Crippen molar-refractivity contribution in [3.63, 3.8) is 0 Å². The van der Waals surface area contributed by atoms with Gasteiger partial charge in [-0.15, -0.1) is 0 Å². The largest absolute Gasteiger partial charge is 0.367 e. The zero-order valence-electron chi connectivity index (χ0n) is 16.5. The Balaban J connectivity index is 1.44. The van der Waals surface area contributed by atoms with E-state index in [1.54, 1.807) is 0 Å². The number of piperidine rings is 1. The van der Waals surface area contributed by atoms with E-state index in [2.05, 4.69) is 30.9 Å². The van der Waals surface area contributed by atoms with Crippen molar-refractivity contribution in [1.82, 2.24) is 15.0 Å². The van der Waals surface area contributed by atoms with Crippen LogP contribution in [0.4, 0.5) is 0 Å². The van der Waals surface area contributed by atoms with Gasteiger partial charge in [-0.05, 0) is 23.8 Å². The molecule has 6 nitrogen and oxygen atoms in total. The summed E-state index contributed by atoms with van der Waals surface area (Å²) in [4.78, 5) is 18.8. The molecular formula is C21H29N3O3. The van der Waals surface area contributed by atoms with Crippen molar-refractivity contribution in [3.05, 3.63) is 47.6 Å². The van der Waals surface area contributed by atoms with Crippen molar-refractivity contribution in [1.29, 1.82) is 0 Å². The molecule has 0 saturated carbocycles. The number of ether oxygens (including phenoxy) is 1. The van der Waals surface area contributed by atoms with Crippen molar-refractivity contribution in [3.8, 4) is 0 Å². The molecule has 1 aliphatic rings. The van der Waals surface area contributed by atoms with Gasteiger partial charge in [0.15, 0.2) is 5.82 Å². The highest BCUT2D eigenvalue weighted by Gasteiger charge is 2.28. The molecule has 3 rings (SSSR count). The van der Waals surface area contributed by atoms with Gasteiger partial charge in [0.25, 0.3) is 5.89 Å². The van der Waals surface area contributed by atoms with Gasteiger partial charge in [0, 0.05) is 25.4 Å². The molecule has 27 heavy (non-hydrogen) atoms. The van der Waals surface area contributed by atoms with E-state index in [0.717, 1.165) is 37.3 Å².